The monoisotopic (exact) mass is 314 g/mol. The Kier molecular flexibility index (Phi) is 5.16. The zero-order valence-electron chi connectivity index (χ0n) is 12.5. The lowest BCUT2D eigenvalue weighted by Crippen LogP contribution is -2.22. The van der Waals surface area contributed by atoms with Crippen LogP contribution in [-0.2, 0) is 9.84 Å². The maximum Gasteiger partial charge on any atom is 0.231 e. The molecule has 2 heterocycles. The van der Waals surface area contributed by atoms with E-state index in [1.165, 1.54) is 6.26 Å². The van der Waals surface area contributed by atoms with E-state index in [1.807, 2.05) is 0 Å². The van der Waals surface area contributed by atoms with Gasteiger partial charge in [-0.25, -0.2) is 8.42 Å². The van der Waals surface area contributed by atoms with Crippen LogP contribution >= 0.6 is 0 Å². The van der Waals surface area contributed by atoms with Gasteiger partial charge >= 0.3 is 0 Å². The van der Waals surface area contributed by atoms with Crippen molar-refractivity contribution < 1.29 is 8.42 Å². The first-order chi connectivity index (χ1) is 9.98. The lowest BCUT2D eigenvalue weighted by molar-refractivity contribution is 0.600. The lowest BCUT2D eigenvalue weighted by Gasteiger charge is -2.16. The molecule has 9 heteroatoms. The Morgan fingerprint density at radius 3 is 2.43 bits per heavy atom. The molecule has 8 nitrogen and oxygen atoms in total. The summed E-state index contributed by atoms with van der Waals surface area (Å²) in [5, 5.41) is 5.98. The zero-order valence-corrected chi connectivity index (χ0v) is 13.3. The average Bonchev–Trinajstić information content (AvgIpc) is 2.96. The molecule has 1 fully saturated rings. The number of rotatable bonds is 7. The average molecular weight is 314 g/mol. The number of hydrogen-bond acceptors (Lipinski definition) is 8. The summed E-state index contributed by atoms with van der Waals surface area (Å²) in [6.07, 6.45) is 4.06. The fourth-order valence-electron chi connectivity index (χ4n) is 2.15. The van der Waals surface area contributed by atoms with Crippen LogP contribution in [0.5, 0.6) is 0 Å². The highest BCUT2D eigenvalue weighted by molar-refractivity contribution is 7.90. The first kappa shape index (κ1) is 15.7. The third kappa shape index (κ3) is 5.00. The number of sulfone groups is 1. The van der Waals surface area contributed by atoms with Crippen molar-refractivity contribution in [1.82, 2.24) is 15.0 Å². The maximum absolute atomic E-state index is 11.1. The molecule has 0 amide bonds. The van der Waals surface area contributed by atoms with Crippen LogP contribution in [0.25, 0.3) is 0 Å². The van der Waals surface area contributed by atoms with Gasteiger partial charge in [0.05, 0.1) is 5.75 Å². The number of aromatic nitrogens is 3. The van der Waals surface area contributed by atoms with Crippen molar-refractivity contribution in [2.75, 3.05) is 54.2 Å². The Bertz CT molecular complexity index is 571. The summed E-state index contributed by atoms with van der Waals surface area (Å²) in [5.74, 6) is 1.81. The molecular weight excluding hydrogens is 292 g/mol. The fourth-order valence-corrected chi connectivity index (χ4v) is 2.82. The van der Waals surface area contributed by atoms with Crippen LogP contribution in [0.4, 0.5) is 17.8 Å². The molecule has 2 rings (SSSR count). The molecule has 1 aromatic heterocycles. The molecule has 0 spiro atoms. The Labute approximate surface area is 125 Å². The first-order valence-corrected chi connectivity index (χ1v) is 9.14. The number of hydrogen-bond donors (Lipinski definition) is 2. The van der Waals surface area contributed by atoms with Crippen LogP contribution < -0.4 is 15.5 Å². The fraction of sp³-hybridized carbons (Fsp3) is 0.750. The zero-order chi connectivity index (χ0) is 15.3. The van der Waals surface area contributed by atoms with E-state index in [9.17, 15) is 8.42 Å². The quantitative estimate of drug-likeness (QED) is 0.696. The first-order valence-electron chi connectivity index (χ1n) is 7.08. The second kappa shape index (κ2) is 6.88. The minimum Gasteiger partial charge on any atom is -0.357 e. The normalized spacial score (nSPS) is 15.2. The van der Waals surface area contributed by atoms with Crippen LogP contribution in [-0.4, -0.2) is 62.1 Å². The Hall–Kier alpha value is -1.64. The van der Waals surface area contributed by atoms with Gasteiger partial charge in [-0.15, -0.1) is 0 Å². The summed E-state index contributed by atoms with van der Waals surface area (Å²) < 4.78 is 22.2. The minimum atomic E-state index is -2.93. The summed E-state index contributed by atoms with van der Waals surface area (Å²) in [4.78, 5) is 15.1. The number of anilines is 3. The van der Waals surface area contributed by atoms with Crippen molar-refractivity contribution in [2.45, 2.75) is 19.3 Å². The molecule has 0 aliphatic carbocycles. The van der Waals surface area contributed by atoms with E-state index in [4.69, 9.17) is 0 Å². The molecule has 1 aromatic rings. The molecule has 1 aliphatic heterocycles. The van der Waals surface area contributed by atoms with Gasteiger partial charge in [0, 0.05) is 32.9 Å². The molecule has 118 valence electrons. The molecule has 0 aromatic carbocycles. The third-order valence-corrected chi connectivity index (χ3v) is 4.24. The van der Waals surface area contributed by atoms with Crippen LogP contribution in [0.2, 0.25) is 0 Å². The largest absolute Gasteiger partial charge is 0.357 e. The molecule has 1 saturated heterocycles. The van der Waals surface area contributed by atoms with Crippen molar-refractivity contribution in [3.8, 4) is 0 Å². The van der Waals surface area contributed by atoms with E-state index in [1.54, 1.807) is 7.05 Å². The second-order valence-corrected chi connectivity index (χ2v) is 7.40. The van der Waals surface area contributed by atoms with Crippen LogP contribution in [0.1, 0.15) is 19.3 Å². The molecule has 0 radical (unpaired) electrons. The smallest absolute Gasteiger partial charge is 0.231 e. The van der Waals surface area contributed by atoms with Gasteiger partial charge in [-0.1, -0.05) is 0 Å². The molecule has 21 heavy (non-hydrogen) atoms. The van der Waals surface area contributed by atoms with Gasteiger partial charge in [0.25, 0.3) is 0 Å². The third-order valence-electron chi connectivity index (χ3n) is 3.21. The molecular formula is C12H22N6O2S. The SMILES string of the molecule is CNc1nc(NCCCS(C)(=O)=O)nc(N2CCCC2)n1. The molecule has 1 aliphatic rings. The molecule has 0 saturated carbocycles. The van der Waals surface area contributed by atoms with E-state index >= 15 is 0 Å². The van der Waals surface area contributed by atoms with Crippen molar-refractivity contribution in [1.29, 1.82) is 0 Å². The van der Waals surface area contributed by atoms with E-state index in [2.05, 4.69) is 30.5 Å². The summed E-state index contributed by atoms with van der Waals surface area (Å²) in [7, 11) is -1.17. The van der Waals surface area contributed by atoms with E-state index in [0.717, 1.165) is 25.9 Å². The van der Waals surface area contributed by atoms with Crippen molar-refractivity contribution in [3.63, 3.8) is 0 Å². The predicted molar refractivity (Wildman–Crippen MR) is 83.6 cm³/mol. The van der Waals surface area contributed by atoms with Crippen molar-refractivity contribution >= 4 is 27.7 Å². The van der Waals surface area contributed by atoms with Crippen LogP contribution in [0, 0.1) is 0 Å². The summed E-state index contributed by atoms with van der Waals surface area (Å²) in [6, 6.07) is 0. The van der Waals surface area contributed by atoms with Gasteiger partial charge in [-0.05, 0) is 19.3 Å². The van der Waals surface area contributed by atoms with Crippen LogP contribution in [0.3, 0.4) is 0 Å². The Morgan fingerprint density at radius 2 is 1.81 bits per heavy atom. The van der Waals surface area contributed by atoms with Gasteiger partial charge < -0.3 is 15.5 Å². The lowest BCUT2D eigenvalue weighted by atomic mass is 10.4. The molecule has 0 atom stereocenters. The van der Waals surface area contributed by atoms with E-state index in [-0.39, 0.29) is 5.75 Å². The van der Waals surface area contributed by atoms with Gasteiger partial charge in [0.2, 0.25) is 17.8 Å². The standard InChI is InChI=1S/C12H22N6O2S/c1-13-10-15-11(14-6-5-9-21(2,19)20)17-12(16-10)18-7-3-4-8-18/h3-9H2,1-2H3,(H2,13,14,15,16,17). The van der Waals surface area contributed by atoms with E-state index in [0.29, 0.717) is 30.8 Å². The minimum absolute atomic E-state index is 0.156. The van der Waals surface area contributed by atoms with Gasteiger partial charge in [-0.2, -0.15) is 15.0 Å². The molecule has 2 N–H and O–H groups in total. The predicted octanol–water partition coefficient (Wildman–Crippen LogP) is 0.360. The highest BCUT2D eigenvalue weighted by Crippen LogP contribution is 2.18. The highest BCUT2D eigenvalue weighted by atomic mass is 32.2. The summed E-state index contributed by atoms with van der Waals surface area (Å²) in [6.45, 7) is 2.43. The van der Waals surface area contributed by atoms with Crippen LogP contribution in [0.15, 0.2) is 0 Å². The van der Waals surface area contributed by atoms with E-state index < -0.39 is 9.84 Å². The molecule has 0 unspecified atom stereocenters. The van der Waals surface area contributed by atoms with Gasteiger partial charge in [0.15, 0.2) is 0 Å². The number of nitrogens with zero attached hydrogens (tertiary/aromatic N) is 4. The van der Waals surface area contributed by atoms with Crippen molar-refractivity contribution in [2.24, 2.45) is 0 Å². The van der Waals surface area contributed by atoms with Gasteiger partial charge in [-0.3, -0.25) is 0 Å². The van der Waals surface area contributed by atoms with Crippen molar-refractivity contribution in [3.05, 3.63) is 0 Å². The second-order valence-electron chi connectivity index (χ2n) is 5.14. The van der Waals surface area contributed by atoms with Gasteiger partial charge in [0.1, 0.15) is 9.84 Å². The molecule has 0 bridgehead atoms. The summed E-state index contributed by atoms with van der Waals surface area (Å²) in [5.41, 5.74) is 0. The number of nitrogens with one attached hydrogen (secondary N) is 2. The Balaban J connectivity index is 1.99. The maximum atomic E-state index is 11.1. The highest BCUT2D eigenvalue weighted by Gasteiger charge is 2.17. The topological polar surface area (TPSA) is 100 Å². The summed E-state index contributed by atoms with van der Waals surface area (Å²) >= 11 is 0. The Morgan fingerprint density at radius 1 is 1.14 bits per heavy atom.